The SMILES string of the molecule is CC(C)(C)Sc1ncc(Br)cc1Br. The first-order valence-electron chi connectivity index (χ1n) is 3.88. The van der Waals surface area contributed by atoms with E-state index in [4.69, 9.17) is 0 Å². The third-order valence-electron chi connectivity index (χ3n) is 1.18. The van der Waals surface area contributed by atoms with Crippen molar-refractivity contribution in [1.29, 1.82) is 0 Å². The Hall–Kier alpha value is 0.460. The maximum Gasteiger partial charge on any atom is 0.111 e. The summed E-state index contributed by atoms with van der Waals surface area (Å²) < 4.78 is 2.24. The van der Waals surface area contributed by atoms with Crippen molar-refractivity contribution < 1.29 is 0 Å². The minimum atomic E-state index is 0.198. The van der Waals surface area contributed by atoms with Gasteiger partial charge in [-0.3, -0.25) is 0 Å². The lowest BCUT2D eigenvalue weighted by atomic mass is 10.3. The molecule has 0 aliphatic rings. The van der Waals surface area contributed by atoms with Gasteiger partial charge in [0.15, 0.2) is 0 Å². The lowest BCUT2D eigenvalue weighted by Gasteiger charge is -2.17. The fourth-order valence-corrected chi connectivity index (χ4v) is 2.84. The number of pyridine rings is 1. The number of nitrogens with zero attached hydrogens (tertiary/aromatic N) is 1. The normalized spacial score (nSPS) is 11.8. The van der Waals surface area contributed by atoms with Crippen molar-refractivity contribution >= 4 is 43.6 Å². The first kappa shape index (κ1) is 11.5. The lowest BCUT2D eigenvalue weighted by Crippen LogP contribution is -2.07. The van der Waals surface area contributed by atoms with E-state index in [-0.39, 0.29) is 4.75 Å². The highest BCUT2D eigenvalue weighted by Crippen LogP contribution is 2.35. The van der Waals surface area contributed by atoms with E-state index in [1.54, 1.807) is 11.8 Å². The second-order valence-corrected chi connectivity index (χ2v) is 7.24. The van der Waals surface area contributed by atoms with Crippen LogP contribution in [-0.4, -0.2) is 9.73 Å². The topological polar surface area (TPSA) is 12.9 Å². The molecule has 1 nitrogen and oxygen atoms in total. The Morgan fingerprint density at radius 3 is 2.38 bits per heavy atom. The molecule has 0 N–H and O–H groups in total. The van der Waals surface area contributed by atoms with Crippen LogP contribution < -0.4 is 0 Å². The quantitative estimate of drug-likeness (QED) is 0.705. The summed E-state index contributed by atoms with van der Waals surface area (Å²) in [4.78, 5) is 4.33. The Balaban J connectivity index is 2.90. The number of thioether (sulfide) groups is 1. The summed E-state index contributed by atoms with van der Waals surface area (Å²) in [5.41, 5.74) is 0. The molecule has 1 heterocycles. The number of aromatic nitrogens is 1. The van der Waals surface area contributed by atoms with Crippen LogP contribution in [0.3, 0.4) is 0 Å². The van der Waals surface area contributed by atoms with Crippen LogP contribution in [0.25, 0.3) is 0 Å². The van der Waals surface area contributed by atoms with E-state index in [9.17, 15) is 0 Å². The van der Waals surface area contributed by atoms with E-state index in [0.29, 0.717) is 0 Å². The molecule has 0 saturated carbocycles. The zero-order valence-electron chi connectivity index (χ0n) is 7.77. The number of hydrogen-bond donors (Lipinski definition) is 0. The second kappa shape index (κ2) is 4.32. The zero-order chi connectivity index (χ0) is 10.1. The Morgan fingerprint density at radius 2 is 1.92 bits per heavy atom. The summed E-state index contributed by atoms with van der Waals surface area (Å²) in [6.07, 6.45) is 1.82. The highest BCUT2D eigenvalue weighted by molar-refractivity contribution is 9.11. The molecule has 0 amide bonds. The van der Waals surface area contributed by atoms with E-state index in [2.05, 4.69) is 57.6 Å². The summed E-state index contributed by atoms with van der Waals surface area (Å²) in [5, 5.41) is 1.04. The smallest absolute Gasteiger partial charge is 0.111 e. The van der Waals surface area contributed by atoms with Crippen molar-refractivity contribution in [3.63, 3.8) is 0 Å². The van der Waals surface area contributed by atoms with Gasteiger partial charge in [-0.1, -0.05) is 32.5 Å². The summed E-state index contributed by atoms with van der Waals surface area (Å²) in [7, 11) is 0. The summed E-state index contributed by atoms with van der Waals surface area (Å²) >= 11 is 8.62. The fraction of sp³-hybridized carbons (Fsp3) is 0.444. The van der Waals surface area contributed by atoms with Gasteiger partial charge in [-0.2, -0.15) is 0 Å². The lowest BCUT2D eigenvalue weighted by molar-refractivity contribution is 0.798. The fourth-order valence-electron chi connectivity index (χ4n) is 0.767. The van der Waals surface area contributed by atoms with Crippen molar-refractivity contribution in [2.75, 3.05) is 0 Å². The molecule has 0 fully saturated rings. The summed E-state index contributed by atoms with van der Waals surface area (Å²) in [6.45, 7) is 6.52. The molecule has 0 bridgehead atoms. The predicted octanol–water partition coefficient (Wildman–Crippen LogP) is 4.50. The maximum atomic E-state index is 4.33. The van der Waals surface area contributed by atoms with E-state index < -0.39 is 0 Å². The molecule has 13 heavy (non-hydrogen) atoms. The van der Waals surface area contributed by atoms with Crippen LogP contribution in [0.4, 0.5) is 0 Å². The Kier molecular flexibility index (Phi) is 3.83. The number of halogens is 2. The Labute approximate surface area is 100.0 Å². The van der Waals surface area contributed by atoms with E-state index in [1.807, 2.05) is 12.3 Å². The van der Waals surface area contributed by atoms with Crippen molar-refractivity contribution in [2.45, 2.75) is 30.5 Å². The number of rotatable bonds is 1. The molecule has 72 valence electrons. The predicted molar refractivity (Wildman–Crippen MR) is 65.2 cm³/mol. The minimum Gasteiger partial charge on any atom is -0.248 e. The minimum absolute atomic E-state index is 0.198. The highest BCUT2D eigenvalue weighted by atomic mass is 79.9. The first-order valence-corrected chi connectivity index (χ1v) is 6.29. The molecule has 0 atom stereocenters. The molecule has 0 aliphatic heterocycles. The van der Waals surface area contributed by atoms with Crippen LogP contribution in [0.5, 0.6) is 0 Å². The van der Waals surface area contributed by atoms with Crippen molar-refractivity contribution in [3.8, 4) is 0 Å². The van der Waals surface area contributed by atoms with Crippen molar-refractivity contribution in [2.24, 2.45) is 0 Å². The average Bonchev–Trinajstić information content (AvgIpc) is 1.93. The Bertz CT molecular complexity index is 307. The van der Waals surface area contributed by atoms with Gasteiger partial charge in [0.1, 0.15) is 5.03 Å². The standard InChI is InChI=1S/C9H11Br2NS/c1-9(2,3)13-8-7(11)4-6(10)5-12-8/h4-5H,1-3H3. The molecule has 0 aliphatic carbocycles. The average molecular weight is 325 g/mol. The van der Waals surface area contributed by atoms with Crippen LogP contribution in [0.1, 0.15) is 20.8 Å². The molecule has 0 unspecified atom stereocenters. The largest absolute Gasteiger partial charge is 0.248 e. The Morgan fingerprint density at radius 1 is 1.31 bits per heavy atom. The van der Waals surface area contributed by atoms with Gasteiger partial charge in [-0.15, -0.1) is 0 Å². The van der Waals surface area contributed by atoms with Crippen LogP contribution in [0.2, 0.25) is 0 Å². The van der Waals surface area contributed by atoms with Crippen LogP contribution in [-0.2, 0) is 0 Å². The molecule has 0 aromatic carbocycles. The van der Waals surface area contributed by atoms with Crippen molar-refractivity contribution in [1.82, 2.24) is 4.98 Å². The molecule has 0 saturated heterocycles. The van der Waals surface area contributed by atoms with Gasteiger partial charge in [0.2, 0.25) is 0 Å². The monoisotopic (exact) mass is 323 g/mol. The van der Waals surface area contributed by atoms with Gasteiger partial charge in [0.25, 0.3) is 0 Å². The van der Waals surface area contributed by atoms with Crippen LogP contribution >= 0.6 is 43.6 Å². The van der Waals surface area contributed by atoms with Crippen LogP contribution in [0.15, 0.2) is 26.2 Å². The van der Waals surface area contributed by atoms with Crippen molar-refractivity contribution in [3.05, 3.63) is 21.2 Å². The summed E-state index contributed by atoms with van der Waals surface area (Å²) in [6, 6.07) is 2.01. The molecule has 1 rings (SSSR count). The van der Waals surface area contributed by atoms with Gasteiger partial charge in [0.05, 0.1) is 4.47 Å². The molecule has 4 heteroatoms. The maximum absolute atomic E-state index is 4.33. The summed E-state index contributed by atoms with van der Waals surface area (Å²) in [5.74, 6) is 0. The van der Waals surface area contributed by atoms with Gasteiger partial charge < -0.3 is 0 Å². The third kappa shape index (κ3) is 4.00. The highest BCUT2D eigenvalue weighted by Gasteiger charge is 2.15. The third-order valence-corrected chi connectivity index (χ3v) is 3.61. The molecule has 1 aromatic rings. The van der Waals surface area contributed by atoms with E-state index >= 15 is 0 Å². The van der Waals surface area contributed by atoms with Gasteiger partial charge in [-0.25, -0.2) is 4.98 Å². The zero-order valence-corrected chi connectivity index (χ0v) is 11.8. The van der Waals surface area contributed by atoms with Gasteiger partial charge in [-0.05, 0) is 37.9 Å². The molecular weight excluding hydrogens is 314 g/mol. The van der Waals surface area contributed by atoms with Crippen LogP contribution in [0, 0.1) is 0 Å². The second-order valence-electron chi connectivity index (χ2n) is 3.65. The molecule has 0 radical (unpaired) electrons. The van der Waals surface area contributed by atoms with Gasteiger partial charge >= 0.3 is 0 Å². The van der Waals surface area contributed by atoms with Gasteiger partial charge in [0, 0.05) is 15.4 Å². The number of hydrogen-bond acceptors (Lipinski definition) is 2. The van der Waals surface area contributed by atoms with E-state index in [1.165, 1.54) is 0 Å². The van der Waals surface area contributed by atoms with E-state index in [0.717, 1.165) is 14.0 Å². The first-order chi connectivity index (χ1) is 5.88. The molecule has 0 spiro atoms. The molecular formula is C9H11Br2NS. The molecule has 1 aromatic heterocycles.